The Hall–Kier alpha value is -2.43. The molecule has 0 saturated carbocycles. The molecule has 0 spiro atoms. The van der Waals surface area contributed by atoms with E-state index in [4.69, 9.17) is 9.47 Å². The number of ether oxygens (including phenoxy) is 3. The molecule has 130 valence electrons. The second-order valence-electron chi connectivity index (χ2n) is 4.33. The monoisotopic (exact) mass is 367 g/mol. The summed E-state index contributed by atoms with van der Waals surface area (Å²) in [5.74, 6) is -2.50. The maximum atomic E-state index is 12.4. The first-order chi connectivity index (χ1) is 11.1. The molecule has 0 N–H and O–H groups in total. The van der Waals surface area contributed by atoms with Crippen LogP contribution in [-0.4, -0.2) is 39.7 Å². The van der Waals surface area contributed by atoms with E-state index in [0.29, 0.717) is 25.2 Å². The van der Waals surface area contributed by atoms with Crippen LogP contribution < -0.4 is 4.74 Å². The third-order valence-corrected chi connectivity index (χ3v) is 3.99. The van der Waals surface area contributed by atoms with Crippen LogP contribution in [0.3, 0.4) is 0 Å². The Labute approximate surface area is 132 Å². The summed E-state index contributed by atoms with van der Waals surface area (Å²) < 4.78 is 76.8. The fraction of sp³-hybridized carbons (Fsp3) is 0.333. The maximum absolute atomic E-state index is 12.4. The van der Waals surface area contributed by atoms with E-state index in [-0.39, 0.29) is 0 Å². The molecule has 1 heterocycles. The van der Waals surface area contributed by atoms with Crippen molar-refractivity contribution in [2.45, 2.75) is 24.0 Å². The lowest BCUT2D eigenvalue weighted by Crippen LogP contribution is -2.32. The summed E-state index contributed by atoms with van der Waals surface area (Å²) in [5.41, 5.74) is -0.786. The molecule has 2 rings (SSSR count). The van der Waals surface area contributed by atoms with E-state index in [1.54, 1.807) is 0 Å². The first-order valence-corrected chi connectivity index (χ1v) is 7.63. The van der Waals surface area contributed by atoms with Crippen LogP contribution >= 0.6 is 0 Å². The van der Waals surface area contributed by atoms with E-state index < -0.39 is 44.9 Å². The van der Waals surface area contributed by atoms with Crippen molar-refractivity contribution < 1.29 is 45.4 Å². The molecule has 0 bridgehead atoms. The zero-order chi connectivity index (χ0) is 18.0. The van der Waals surface area contributed by atoms with Gasteiger partial charge in [-0.1, -0.05) is 10.5 Å². The molecule has 1 atom stereocenters. The molecular weight excluding hydrogens is 359 g/mol. The van der Waals surface area contributed by atoms with Crippen molar-refractivity contribution >= 4 is 22.1 Å². The van der Waals surface area contributed by atoms with Crippen LogP contribution in [0.2, 0.25) is 0 Å². The van der Waals surface area contributed by atoms with Crippen LogP contribution in [0.25, 0.3) is 0 Å². The van der Waals surface area contributed by atoms with E-state index >= 15 is 0 Å². The minimum Gasteiger partial charge on any atom is -0.432 e. The number of isocyanates is 1. The van der Waals surface area contributed by atoms with Crippen LogP contribution in [0, 0.1) is 0 Å². The minimum absolute atomic E-state index is 0.315. The van der Waals surface area contributed by atoms with E-state index in [1.165, 1.54) is 0 Å². The van der Waals surface area contributed by atoms with Crippen molar-refractivity contribution in [1.82, 2.24) is 0 Å². The Morgan fingerprint density at radius 1 is 1.38 bits per heavy atom. The Bertz CT molecular complexity index is 795. The van der Waals surface area contributed by atoms with Gasteiger partial charge in [0.1, 0.15) is 4.90 Å². The average molecular weight is 367 g/mol. The van der Waals surface area contributed by atoms with Crippen molar-refractivity contribution in [1.29, 1.82) is 0 Å². The van der Waals surface area contributed by atoms with Gasteiger partial charge in [0.15, 0.2) is 5.75 Å². The van der Waals surface area contributed by atoms with Crippen LogP contribution in [0.15, 0.2) is 27.5 Å². The van der Waals surface area contributed by atoms with Crippen molar-refractivity contribution in [3.63, 3.8) is 0 Å². The zero-order valence-electron chi connectivity index (χ0n) is 11.6. The van der Waals surface area contributed by atoms with Crippen LogP contribution in [-0.2, 0) is 24.3 Å². The number of carbonyl (C=O) groups excluding carboxylic acids is 2. The maximum Gasteiger partial charge on any atom is 0.573 e. The third kappa shape index (κ3) is 4.10. The molecule has 1 saturated heterocycles. The Kier molecular flexibility index (Phi) is 4.92. The zero-order valence-corrected chi connectivity index (χ0v) is 12.4. The molecule has 0 aliphatic carbocycles. The average Bonchev–Trinajstić information content (AvgIpc) is 2.40. The fourth-order valence-corrected chi connectivity index (χ4v) is 2.71. The first kappa shape index (κ1) is 17.9. The Morgan fingerprint density at radius 2 is 2.04 bits per heavy atom. The standard InChI is InChI=1S/C12H8F3NO7S/c13-12(14,15)23-8-3-1-2-7(10(8)24(19,20)16-6-17)11(18)22-9-4-5-21-9/h1-3,9H,4-5H2. The second-order valence-corrected chi connectivity index (χ2v) is 5.87. The van der Waals surface area contributed by atoms with Crippen molar-refractivity contribution in [2.24, 2.45) is 4.40 Å². The fourth-order valence-electron chi connectivity index (χ4n) is 1.73. The summed E-state index contributed by atoms with van der Waals surface area (Å²) in [6, 6.07) is 2.48. The molecule has 24 heavy (non-hydrogen) atoms. The topological polar surface area (TPSA) is 108 Å². The lowest BCUT2D eigenvalue weighted by atomic mass is 10.2. The number of hydrogen-bond donors (Lipinski definition) is 0. The van der Waals surface area contributed by atoms with Crippen molar-refractivity contribution in [3.8, 4) is 5.75 Å². The molecule has 1 aromatic rings. The van der Waals surface area contributed by atoms with E-state index in [1.807, 2.05) is 0 Å². The molecule has 1 unspecified atom stereocenters. The molecule has 1 aliphatic rings. The van der Waals surface area contributed by atoms with Crippen LogP contribution in [0.1, 0.15) is 16.8 Å². The Morgan fingerprint density at radius 3 is 2.54 bits per heavy atom. The van der Waals surface area contributed by atoms with Gasteiger partial charge in [0.05, 0.1) is 12.2 Å². The van der Waals surface area contributed by atoms with Gasteiger partial charge in [-0.25, -0.2) is 9.59 Å². The summed E-state index contributed by atoms with van der Waals surface area (Å²) in [5, 5.41) is 0. The SMILES string of the molecule is O=C=NS(=O)(=O)c1c(OC(F)(F)F)cccc1C(=O)OC1CCO1. The molecule has 1 fully saturated rings. The summed E-state index contributed by atoms with van der Waals surface area (Å²) in [6.07, 6.45) is -5.13. The summed E-state index contributed by atoms with van der Waals surface area (Å²) in [7, 11) is -4.98. The predicted molar refractivity (Wildman–Crippen MR) is 68.2 cm³/mol. The van der Waals surface area contributed by atoms with Gasteiger partial charge in [0, 0.05) is 6.42 Å². The highest BCUT2D eigenvalue weighted by Crippen LogP contribution is 2.34. The summed E-state index contributed by atoms with van der Waals surface area (Å²) in [6.45, 7) is 0.315. The molecular formula is C12H8F3NO7S. The summed E-state index contributed by atoms with van der Waals surface area (Å²) >= 11 is 0. The highest BCUT2D eigenvalue weighted by Gasteiger charge is 2.37. The number of carbonyl (C=O) groups is 1. The minimum atomic E-state index is -5.24. The largest absolute Gasteiger partial charge is 0.573 e. The van der Waals surface area contributed by atoms with Gasteiger partial charge in [-0.05, 0) is 12.1 Å². The lowest BCUT2D eigenvalue weighted by Gasteiger charge is -2.26. The number of rotatable bonds is 5. The number of nitrogens with zero attached hydrogens (tertiary/aromatic N) is 1. The molecule has 8 nitrogen and oxygen atoms in total. The van der Waals surface area contributed by atoms with Gasteiger partial charge in [0.2, 0.25) is 6.29 Å². The highest BCUT2D eigenvalue weighted by molar-refractivity contribution is 7.90. The number of benzene rings is 1. The first-order valence-electron chi connectivity index (χ1n) is 6.19. The van der Waals surface area contributed by atoms with Crippen molar-refractivity contribution in [3.05, 3.63) is 23.8 Å². The Balaban J connectivity index is 2.54. The normalized spacial score (nSPS) is 17.4. The van der Waals surface area contributed by atoms with Crippen LogP contribution in [0.5, 0.6) is 5.75 Å². The number of esters is 1. The number of alkyl halides is 3. The second kappa shape index (κ2) is 6.59. The highest BCUT2D eigenvalue weighted by atomic mass is 32.2. The quantitative estimate of drug-likeness (QED) is 0.441. The van der Waals surface area contributed by atoms with Gasteiger partial charge in [-0.3, -0.25) is 0 Å². The van der Waals surface area contributed by atoms with Gasteiger partial charge in [0.25, 0.3) is 16.1 Å². The predicted octanol–water partition coefficient (Wildman–Crippen LogP) is 1.51. The molecule has 0 amide bonds. The van der Waals surface area contributed by atoms with E-state index in [0.717, 1.165) is 12.1 Å². The van der Waals surface area contributed by atoms with Crippen molar-refractivity contribution in [2.75, 3.05) is 6.61 Å². The van der Waals surface area contributed by atoms with E-state index in [2.05, 4.69) is 9.13 Å². The number of hydrogen-bond acceptors (Lipinski definition) is 7. The number of halogens is 3. The number of sulfonamides is 1. The van der Waals surface area contributed by atoms with Gasteiger partial charge in [-0.15, -0.1) is 13.2 Å². The van der Waals surface area contributed by atoms with Gasteiger partial charge < -0.3 is 14.2 Å². The van der Waals surface area contributed by atoms with Gasteiger partial charge in [-0.2, -0.15) is 8.42 Å². The molecule has 0 aromatic heterocycles. The molecule has 12 heteroatoms. The molecule has 1 aromatic carbocycles. The van der Waals surface area contributed by atoms with E-state index in [9.17, 15) is 31.2 Å². The lowest BCUT2D eigenvalue weighted by molar-refractivity contribution is -0.275. The van der Waals surface area contributed by atoms with Crippen LogP contribution in [0.4, 0.5) is 13.2 Å². The molecule has 0 radical (unpaired) electrons. The smallest absolute Gasteiger partial charge is 0.432 e. The summed E-state index contributed by atoms with van der Waals surface area (Å²) in [4.78, 5) is 21.0. The van der Waals surface area contributed by atoms with Gasteiger partial charge >= 0.3 is 12.3 Å². The molecule has 1 aliphatic heterocycles. The third-order valence-electron chi connectivity index (χ3n) is 2.74.